The SMILES string of the molecule is CCCCNC(=O)C(C)N(Cc1ccc(Cl)cc1Cl)C(=O)COc1ccccc1. The van der Waals surface area contributed by atoms with Gasteiger partial charge in [0.25, 0.3) is 5.91 Å². The Morgan fingerprint density at radius 1 is 1.14 bits per heavy atom. The summed E-state index contributed by atoms with van der Waals surface area (Å²) in [5, 5.41) is 3.83. The summed E-state index contributed by atoms with van der Waals surface area (Å²) in [6.45, 7) is 4.32. The molecule has 0 saturated heterocycles. The molecule has 0 aliphatic carbocycles. The monoisotopic (exact) mass is 436 g/mol. The van der Waals surface area contributed by atoms with E-state index < -0.39 is 6.04 Å². The van der Waals surface area contributed by atoms with Crippen LogP contribution in [0.2, 0.25) is 10.0 Å². The van der Waals surface area contributed by atoms with Crippen LogP contribution in [-0.4, -0.2) is 35.9 Å². The maximum absolute atomic E-state index is 12.9. The molecular weight excluding hydrogens is 411 g/mol. The van der Waals surface area contributed by atoms with Crippen LogP contribution in [0.15, 0.2) is 48.5 Å². The minimum Gasteiger partial charge on any atom is -0.484 e. The van der Waals surface area contributed by atoms with E-state index in [9.17, 15) is 9.59 Å². The summed E-state index contributed by atoms with van der Waals surface area (Å²) < 4.78 is 5.59. The Hall–Kier alpha value is -2.24. The Morgan fingerprint density at radius 2 is 1.86 bits per heavy atom. The molecule has 0 fully saturated rings. The van der Waals surface area contributed by atoms with Crippen molar-refractivity contribution in [2.24, 2.45) is 0 Å². The van der Waals surface area contributed by atoms with E-state index in [-0.39, 0.29) is 25.0 Å². The van der Waals surface area contributed by atoms with Crippen molar-refractivity contribution in [1.82, 2.24) is 10.2 Å². The van der Waals surface area contributed by atoms with Crippen molar-refractivity contribution < 1.29 is 14.3 Å². The Kier molecular flexibility index (Phi) is 9.29. The van der Waals surface area contributed by atoms with Gasteiger partial charge < -0.3 is 15.0 Å². The number of nitrogens with one attached hydrogen (secondary N) is 1. The van der Waals surface area contributed by atoms with Crippen LogP contribution in [0.5, 0.6) is 5.75 Å². The van der Waals surface area contributed by atoms with Crippen molar-refractivity contribution in [1.29, 1.82) is 0 Å². The van der Waals surface area contributed by atoms with E-state index in [1.165, 1.54) is 4.90 Å². The lowest BCUT2D eigenvalue weighted by atomic mass is 10.1. The number of unbranched alkanes of at least 4 members (excludes halogenated alkanes) is 1. The molecule has 2 aromatic rings. The van der Waals surface area contributed by atoms with E-state index >= 15 is 0 Å². The largest absolute Gasteiger partial charge is 0.484 e. The van der Waals surface area contributed by atoms with Gasteiger partial charge in [0.05, 0.1) is 0 Å². The molecule has 0 bridgehead atoms. The molecule has 2 aromatic carbocycles. The van der Waals surface area contributed by atoms with Gasteiger partial charge >= 0.3 is 0 Å². The minimum absolute atomic E-state index is 0.176. The number of ether oxygens (including phenoxy) is 1. The Labute approximate surface area is 181 Å². The van der Waals surface area contributed by atoms with Gasteiger partial charge in [0.1, 0.15) is 11.8 Å². The second-order valence-corrected chi connectivity index (χ2v) is 7.52. The summed E-state index contributed by atoms with van der Waals surface area (Å²) in [5.74, 6) is 0.0694. The van der Waals surface area contributed by atoms with Gasteiger partial charge in [-0.2, -0.15) is 0 Å². The summed E-state index contributed by atoms with van der Waals surface area (Å²) in [4.78, 5) is 27.0. The summed E-state index contributed by atoms with van der Waals surface area (Å²) >= 11 is 12.3. The fourth-order valence-corrected chi connectivity index (χ4v) is 3.17. The number of carbonyl (C=O) groups excluding carboxylic acids is 2. The van der Waals surface area contributed by atoms with Crippen LogP contribution in [0.25, 0.3) is 0 Å². The van der Waals surface area contributed by atoms with Crippen molar-refractivity contribution in [2.45, 2.75) is 39.3 Å². The lowest BCUT2D eigenvalue weighted by Gasteiger charge is -2.29. The second kappa shape index (κ2) is 11.7. The van der Waals surface area contributed by atoms with Crippen LogP contribution in [0.3, 0.4) is 0 Å². The van der Waals surface area contributed by atoms with Crippen LogP contribution < -0.4 is 10.1 Å². The minimum atomic E-state index is -0.675. The van der Waals surface area contributed by atoms with Crippen molar-refractivity contribution in [3.05, 3.63) is 64.1 Å². The smallest absolute Gasteiger partial charge is 0.261 e. The van der Waals surface area contributed by atoms with E-state index in [0.717, 1.165) is 12.8 Å². The molecular formula is C22H26Cl2N2O3. The average molecular weight is 437 g/mol. The highest BCUT2D eigenvalue weighted by molar-refractivity contribution is 6.35. The van der Waals surface area contributed by atoms with Crippen LogP contribution in [-0.2, 0) is 16.1 Å². The summed E-state index contributed by atoms with van der Waals surface area (Å²) in [6.07, 6.45) is 1.86. The van der Waals surface area contributed by atoms with E-state index in [2.05, 4.69) is 12.2 Å². The molecule has 29 heavy (non-hydrogen) atoms. The zero-order chi connectivity index (χ0) is 21.2. The zero-order valence-corrected chi connectivity index (χ0v) is 18.2. The number of halogens is 2. The van der Waals surface area contributed by atoms with Crippen molar-refractivity contribution in [3.8, 4) is 5.75 Å². The molecule has 1 atom stereocenters. The Morgan fingerprint density at radius 3 is 2.52 bits per heavy atom. The molecule has 2 amide bonds. The molecule has 0 spiro atoms. The number of para-hydroxylation sites is 1. The first-order valence-electron chi connectivity index (χ1n) is 9.61. The van der Waals surface area contributed by atoms with Gasteiger partial charge in [-0.05, 0) is 43.2 Å². The van der Waals surface area contributed by atoms with Crippen LogP contribution in [0.4, 0.5) is 0 Å². The summed E-state index contributed by atoms with van der Waals surface area (Å²) in [5.41, 5.74) is 0.706. The highest BCUT2D eigenvalue weighted by atomic mass is 35.5. The maximum Gasteiger partial charge on any atom is 0.261 e. The summed E-state index contributed by atoms with van der Waals surface area (Å²) in [6, 6.07) is 13.5. The second-order valence-electron chi connectivity index (χ2n) is 6.68. The van der Waals surface area contributed by atoms with Gasteiger partial charge in [-0.1, -0.05) is 60.8 Å². The van der Waals surface area contributed by atoms with E-state index in [1.54, 1.807) is 37.3 Å². The molecule has 156 valence electrons. The fourth-order valence-electron chi connectivity index (χ4n) is 2.70. The van der Waals surface area contributed by atoms with Crippen LogP contribution in [0, 0.1) is 0 Å². The lowest BCUT2D eigenvalue weighted by molar-refractivity contribution is -0.142. The zero-order valence-electron chi connectivity index (χ0n) is 16.7. The molecule has 0 radical (unpaired) electrons. The third-order valence-corrected chi connectivity index (χ3v) is 5.05. The van der Waals surface area contributed by atoms with Crippen molar-refractivity contribution >= 4 is 35.0 Å². The maximum atomic E-state index is 12.9. The molecule has 1 N–H and O–H groups in total. The summed E-state index contributed by atoms with van der Waals surface area (Å²) in [7, 11) is 0. The molecule has 2 rings (SSSR count). The first kappa shape index (κ1) is 23.0. The topological polar surface area (TPSA) is 58.6 Å². The Balaban J connectivity index is 2.14. The molecule has 0 saturated carbocycles. The third-order valence-electron chi connectivity index (χ3n) is 4.46. The molecule has 0 aromatic heterocycles. The van der Waals surface area contributed by atoms with Crippen LogP contribution >= 0.6 is 23.2 Å². The predicted molar refractivity (Wildman–Crippen MR) is 116 cm³/mol. The number of hydrogen-bond acceptors (Lipinski definition) is 3. The van der Waals surface area contributed by atoms with Gasteiger partial charge in [0, 0.05) is 23.1 Å². The average Bonchev–Trinajstić information content (AvgIpc) is 2.72. The molecule has 5 nitrogen and oxygen atoms in total. The standard InChI is InChI=1S/C22H26Cl2N2O3/c1-3-4-12-25-22(28)16(2)26(14-17-10-11-18(23)13-20(17)24)21(27)15-29-19-8-6-5-7-9-19/h5-11,13,16H,3-4,12,14-15H2,1-2H3,(H,25,28). The normalized spacial score (nSPS) is 11.6. The number of nitrogens with zero attached hydrogens (tertiary/aromatic N) is 1. The van der Waals surface area contributed by atoms with Crippen molar-refractivity contribution in [2.75, 3.05) is 13.2 Å². The number of rotatable bonds is 10. The third kappa shape index (κ3) is 7.26. The number of amides is 2. The van der Waals surface area contributed by atoms with E-state index in [4.69, 9.17) is 27.9 Å². The molecule has 1 unspecified atom stereocenters. The number of benzene rings is 2. The lowest BCUT2D eigenvalue weighted by Crippen LogP contribution is -2.49. The van der Waals surface area contributed by atoms with Gasteiger partial charge in [0.15, 0.2) is 6.61 Å². The van der Waals surface area contributed by atoms with Gasteiger partial charge in [0.2, 0.25) is 5.91 Å². The van der Waals surface area contributed by atoms with Gasteiger partial charge in [-0.15, -0.1) is 0 Å². The van der Waals surface area contributed by atoms with Crippen LogP contribution in [0.1, 0.15) is 32.3 Å². The predicted octanol–water partition coefficient (Wildman–Crippen LogP) is 4.71. The molecule has 0 heterocycles. The van der Waals surface area contributed by atoms with Gasteiger partial charge in [-0.25, -0.2) is 0 Å². The molecule has 7 heteroatoms. The molecule has 0 aliphatic heterocycles. The Bertz CT molecular complexity index is 815. The van der Waals surface area contributed by atoms with Gasteiger partial charge in [-0.3, -0.25) is 9.59 Å². The fraction of sp³-hybridized carbons (Fsp3) is 0.364. The number of carbonyl (C=O) groups is 2. The first-order chi connectivity index (χ1) is 13.9. The highest BCUT2D eigenvalue weighted by Crippen LogP contribution is 2.23. The number of hydrogen-bond donors (Lipinski definition) is 1. The van der Waals surface area contributed by atoms with E-state index in [0.29, 0.717) is 27.9 Å². The highest BCUT2D eigenvalue weighted by Gasteiger charge is 2.27. The molecule has 0 aliphatic rings. The first-order valence-corrected chi connectivity index (χ1v) is 10.4. The van der Waals surface area contributed by atoms with Crippen molar-refractivity contribution in [3.63, 3.8) is 0 Å². The van der Waals surface area contributed by atoms with E-state index in [1.807, 2.05) is 18.2 Å². The quantitative estimate of drug-likeness (QED) is 0.548.